The van der Waals surface area contributed by atoms with Crippen molar-refractivity contribution in [3.63, 3.8) is 0 Å². The zero-order valence-electron chi connectivity index (χ0n) is 13.7. The van der Waals surface area contributed by atoms with Crippen LogP contribution >= 0.6 is 0 Å². The summed E-state index contributed by atoms with van der Waals surface area (Å²) in [6, 6.07) is 10.9. The molecule has 1 N–H and O–H groups in total. The van der Waals surface area contributed by atoms with Crippen LogP contribution in [0.5, 0.6) is 0 Å². The van der Waals surface area contributed by atoms with Crippen molar-refractivity contribution in [1.82, 2.24) is 10.2 Å². The molecule has 0 aliphatic carbocycles. The number of hydrogen-bond acceptors (Lipinski definition) is 2. The maximum Gasteiger partial charge on any atom is 0.262 e. The van der Waals surface area contributed by atoms with Gasteiger partial charge >= 0.3 is 0 Å². The summed E-state index contributed by atoms with van der Waals surface area (Å²) < 4.78 is 27.6. The van der Waals surface area contributed by atoms with E-state index in [2.05, 4.69) is 38.2 Å². The Morgan fingerprint density at radius 2 is 1.86 bits per heavy atom. The number of alkyl halides is 2. The van der Waals surface area contributed by atoms with Gasteiger partial charge in [-0.2, -0.15) is 0 Å². The van der Waals surface area contributed by atoms with Crippen molar-refractivity contribution < 1.29 is 8.78 Å². The third-order valence-corrected chi connectivity index (χ3v) is 5.24. The van der Waals surface area contributed by atoms with E-state index < -0.39 is 5.92 Å². The largest absolute Gasteiger partial charge is 0.307 e. The molecule has 22 heavy (non-hydrogen) atoms. The van der Waals surface area contributed by atoms with E-state index in [4.69, 9.17) is 0 Å². The van der Waals surface area contributed by atoms with Crippen LogP contribution in [0.2, 0.25) is 0 Å². The molecule has 3 atom stereocenters. The number of rotatable bonds is 3. The number of nitrogens with zero attached hydrogens (tertiary/aromatic N) is 1. The van der Waals surface area contributed by atoms with Crippen molar-refractivity contribution in [3.8, 4) is 0 Å². The smallest absolute Gasteiger partial charge is 0.262 e. The van der Waals surface area contributed by atoms with Gasteiger partial charge < -0.3 is 5.32 Å². The highest BCUT2D eigenvalue weighted by Gasteiger charge is 2.53. The standard InChI is InChI=1S/C18H26F2N2/c1-13(14-7-5-4-6-8-14)21-15-9-16-11-18(19,20)12-22(16)17(2,3)10-15/h4-8,13,15-16,21H,9-12H2,1-3H3/t13?,15?,16-/m1/s1. The van der Waals surface area contributed by atoms with Gasteiger partial charge in [-0.25, -0.2) is 8.78 Å². The highest BCUT2D eigenvalue weighted by atomic mass is 19.3. The third kappa shape index (κ3) is 3.18. The number of benzene rings is 1. The van der Waals surface area contributed by atoms with Crippen LogP contribution in [-0.4, -0.2) is 35.0 Å². The summed E-state index contributed by atoms with van der Waals surface area (Å²) in [5.74, 6) is -2.53. The number of hydrogen-bond donors (Lipinski definition) is 1. The lowest BCUT2D eigenvalue weighted by Gasteiger charge is -2.48. The molecule has 2 aliphatic heterocycles. The van der Waals surface area contributed by atoms with Crippen LogP contribution in [0.25, 0.3) is 0 Å². The average molecular weight is 308 g/mol. The summed E-state index contributed by atoms with van der Waals surface area (Å²) in [6.07, 6.45) is 1.74. The summed E-state index contributed by atoms with van der Waals surface area (Å²) >= 11 is 0. The topological polar surface area (TPSA) is 15.3 Å². The van der Waals surface area contributed by atoms with E-state index in [1.807, 2.05) is 23.1 Å². The quantitative estimate of drug-likeness (QED) is 0.908. The van der Waals surface area contributed by atoms with Crippen LogP contribution in [0.3, 0.4) is 0 Å². The lowest BCUT2D eigenvalue weighted by Crippen LogP contribution is -2.57. The first-order chi connectivity index (χ1) is 10.3. The monoisotopic (exact) mass is 308 g/mol. The van der Waals surface area contributed by atoms with Crippen molar-refractivity contribution in [2.45, 2.75) is 69.6 Å². The zero-order chi connectivity index (χ0) is 16.0. The molecule has 0 spiro atoms. The summed E-state index contributed by atoms with van der Waals surface area (Å²) in [5, 5.41) is 3.66. The van der Waals surface area contributed by atoms with Crippen LogP contribution in [-0.2, 0) is 0 Å². The van der Waals surface area contributed by atoms with E-state index in [0.29, 0.717) is 6.04 Å². The molecule has 1 aromatic carbocycles. The van der Waals surface area contributed by atoms with Gasteiger partial charge in [0.1, 0.15) is 0 Å². The lowest BCUT2D eigenvalue weighted by molar-refractivity contribution is -0.00976. The van der Waals surface area contributed by atoms with E-state index in [1.165, 1.54) is 5.56 Å². The van der Waals surface area contributed by atoms with Gasteiger partial charge in [-0.1, -0.05) is 30.3 Å². The Kier molecular flexibility index (Phi) is 4.02. The van der Waals surface area contributed by atoms with E-state index in [-0.39, 0.29) is 30.6 Å². The Balaban J connectivity index is 1.69. The van der Waals surface area contributed by atoms with Crippen molar-refractivity contribution in [2.24, 2.45) is 0 Å². The van der Waals surface area contributed by atoms with Crippen LogP contribution < -0.4 is 5.32 Å². The van der Waals surface area contributed by atoms with Gasteiger partial charge in [0.15, 0.2) is 0 Å². The molecule has 1 aromatic rings. The number of fused-ring (bicyclic) bond motifs is 1. The fraction of sp³-hybridized carbons (Fsp3) is 0.667. The number of halogens is 2. The molecular formula is C18H26F2N2. The van der Waals surface area contributed by atoms with Crippen molar-refractivity contribution >= 4 is 0 Å². The molecule has 2 saturated heterocycles. The molecule has 0 aromatic heterocycles. The predicted molar refractivity (Wildman–Crippen MR) is 85.2 cm³/mol. The van der Waals surface area contributed by atoms with E-state index in [9.17, 15) is 8.78 Å². The van der Waals surface area contributed by atoms with Crippen LogP contribution in [0.4, 0.5) is 8.78 Å². The van der Waals surface area contributed by atoms with Crippen molar-refractivity contribution in [3.05, 3.63) is 35.9 Å². The molecule has 3 rings (SSSR count). The van der Waals surface area contributed by atoms with Gasteiger partial charge in [0, 0.05) is 30.1 Å². The molecular weight excluding hydrogens is 282 g/mol. The molecule has 4 heteroatoms. The SMILES string of the molecule is CC(NC1C[C@@H]2CC(F)(F)CN2C(C)(C)C1)c1ccccc1. The second-order valence-electron chi connectivity index (χ2n) is 7.59. The van der Waals surface area contributed by atoms with Gasteiger partial charge in [0.05, 0.1) is 6.54 Å². The minimum atomic E-state index is -2.53. The summed E-state index contributed by atoms with van der Waals surface area (Å²) in [6.45, 7) is 6.27. The fourth-order valence-electron chi connectivity index (χ4n) is 4.27. The first-order valence-electron chi connectivity index (χ1n) is 8.22. The molecule has 2 nitrogen and oxygen atoms in total. The highest BCUT2D eigenvalue weighted by molar-refractivity contribution is 5.18. The van der Waals surface area contributed by atoms with Crippen LogP contribution in [0, 0.1) is 0 Å². The summed E-state index contributed by atoms with van der Waals surface area (Å²) in [7, 11) is 0. The highest BCUT2D eigenvalue weighted by Crippen LogP contribution is 2.43. The first kappa shape index (κ1) is 15.9. The Bertz CT molecular complexity index is 515. The second kappa shape index (κ2) is 5.57. The fourth-order valence-corrected chi connectivity index (χ4v) is 4.27. The molecule has 0 radical (unpaired) electrons. The van der Waals surface area contributed by atoms with Gasteiger partial charge in [0.2, 0.25) is 0 Å². The Labute approximate surface area is 131 Å². The van der Waals surface area contributed by atoms with E-state index in [1.54, 1.807) is 0 Å². The Morgan fingerprint density at radius 1 is 1.18 bits per heavy atom. The molecule has 2 fully saturated rings. The second-order valence-corrected chi connectivity index (χ2v) is 7.59. The lowest BCUT2D eigenvalue weighted by atomic mass is 9.83. The van der Waals surface area contributed by atoms with E-state index in [0.717, 1.165) is 12.8 Å². The van der Waals surface area contributed by atoms with Crippen molar-refractivity contribution in [1.29, 1.82) is 0 Å². The Hall–Kier alpha value is -1.00. The minimum Gasteiger partial charge on any atom is -0.307 e. The molecule has 0 amide bonds. The third-order valence-electron chi connectivity index (χ3n) is 5.24. The zero-order valence-corrected chi connectivity index (χ0v) is 13.7. The van der Waals surface area contributed by atoms with E-state index >= 15 is 0 Å². The average Bonchev–Trinajstić information content (AvgIpc) is 2.74. The maximum atomic E-state index is 13.8. The molecule has 2 aliphatic rings. The van der Waals surface area contributed by atoms with Gasteiger partial charge in [0.25, 0.3) is 5.92 Å². The van der Waals surface area contributed by atoms with Gasteiger partial charge in [-0.3, -0.25) is 4.90 Å². The number of nitrogens with one attached hydrogen (secondary N) is 1. The summed E-state index contributed by atoms with van der Waals surface area (Å²) in [5.41, 5.74) is 1.08. The molecule has 2 heterocycles. The summed E-state index contributed by atoms with van der Waals surface area (Å²) in [4.78, 5) is 2.03. The first-order valence-corrected chi connectivity index (χ1v) is 8.22. The number of piperidine rings is 1. The van der Waals surface area contributed by atoms with Crippen LogP contribution in [0.1, 0.15) is 51.6 Å². The molecule has 0 bridgehead atoms. The Morgan fingerprint density at radius 3 is 2.55 bits per heavy atom. The molecule has 0 saturated carbocycles. The van der Waals surface area contributed by atoms with Gasteiger partial charge in [-0.15, -0.1) is 0 Å². The molecule has 122 valence electrons. The normalized spacial score (nSPS) is 31.7. The van der Waals surface area contributed by atoms with Crippen LogP contribution in [0.15, 0.2) is 30.3 Å². The predicted octanol–water partition coefficient (Wildman–Crippen LogP) is 3.99. The maximum absolute atomic E-state index is 13.8. The van der Waals surface area contributed by atoms with Gasteiger partial charge in [-0.05, 0) is 39.2 Å². The van der Waals surface area contributed by atoms with Crippen molar-refractivity contribution in [2.75, 3.05) is 6.54 Å². The molecule has 2 unspecified atom stereocenters. The minimum absolute atomic E-state index is 0.000719.